The van der Waals surface area contributed by atoms with Gasteiger partial charge in [-0.1, -0.05) is 0 Å². The van der Waals surface area contributed by atoms with Crippen molar-refractivity contribution in [1.29, 1.82) is 0 Å². The van der Waals surface area contributed by atoms with Crippen LogP contribution in [0, 0.1) is 5.92 Å². The molecule has 0 saturated heterocycles. The van der Waals surface area contributed by atoms with Gasteiger partial charge in [0.2, 0.25) is 5.91 Å². The molecule has 0 bridgehead atoms. The zero-order chi connectivity index (χ0) is 11.5. The number of hydrogen-bond acceptors (Lipinski definition) is 3. The predicted octanol–water partition coefficient (Wildman–Crippen LogP) is 0.585. The fourth-order valence-corrected chi connectivity index (χ4v) is 2.90. The monoisotopic (exact) mass is 218 g/mol. The highest BCUT2D eigenvalue weighted by Gasteiger charge is 2.65. The van der Waals surface area contributed by atoms with Crippen molar-refractivity contribution in [2.45, 2.75) is 11.8 Å². The van der Waals surface area contributed by atoms with Gasteiger partial charge in [0.1, 0.15) is 5.75 Å². The summed E-state index contributed by atoms with van der Waals surface area (Å²) in [5, 5.41) is 9.53. The number of phenolic OH excluding ortho intramolecular Hbond substituents is 1. The van der Waals surface area contributed by atoms with Gasteiger partial charge < -0.3 is 15.7 Å². The minimum absolute atomic E-state index is 0.114. The van der Waals surface area contributed by atoms with Crippen molar-refractivity contribution in [1.82, 2.24) is 0 Å². The molecule has 0 aromatic heterocycles. The molecular formula is C12H14N2O2. The fourth-order valence-electron chi connectivity index (χ4n) is 2.90. The molecule has 1 heterocycles. The molecule has 3 N–H and O–H groups in total. The highest BCUT2D eigenvalue weighted by atomic mass is 16.3. The lowest BCUT2D eigenvalue weighted by Gasteiger charge is -2.10. The molecule has 0 radical (unpaired) electrons. The first-order valence-corrected chi connectivity index (χ1v) is 5.43. The normalized spacial score (nSPS) is 31.0. The largest absolute Gasteiger partial charge is 0.508 e. The summed E-state index contributed by atoms with van der Waals surface area (Å²) in [6, 6.07) is 5.11. The molecule has 84 valence electrons. The van der Waals surface area contributed by atoms with E-state index in [2.05, 4.69) is 0 Å². The number of hydrogen-bond donors (Lipinski definition) is 2. The lowest BCUT2D eigenvalue weighted by atomic mass is 9.94. The Balaban J connectivity index is 2.18. The van der Waals surface area contributed by atoms with Crippen LogP contribution >= 0.6 is 0 Å². The van der Waals surface area contributed by atoms with Gasteiger partial charge in [-0.25, -0.2) is 0 Å². The number of nitrogens with zero attached hydrogens (tertiary/aromatic N) is 1. The molecule has 1 aromatic carbocycles. The molecular weight excluding hydrogens is 204 g/mol. The van der Waals surface area contributed by atoms with Gasteiger partial charge in [0.15, 0.2) is 0 Å². The zero-order valence-corrected chi connectivity index (χ0v) is 9.10. The topological polar surface area (TPSA) is 66.6 Å². The van der Waals surface area contributed by atoms with E-state index in [4.69, 9.17) is 5.73 Å². The number of amides is 1. The second-order valence-electron chi connectivity index (χ2n) is 4.67. The van der Waals surface area contributed by atoms with Crippen LogP contribution in [0.4, 0.5) is 5.69 Å². The summed E-state index contributed by atoms with van der Waals surface area (Å²) in [4.78, 5) is 13.9. The summed E-state index contributed by atoms with van der Waals surface area (Å²) in [6.45, 7) is 0.522. The molecule has 2 aliphatic rings. The first kappa shape index (κ1) is 9.66. The minimum atomic E-state index is -0.433. The van der Waals surface area contributed by atoms with Crippen LogP contribution in [-0.4, -0.2) is 24.6 Å². The third-order valence-corrected chi connectivity index (χ3v) is 3.90. The lowest BCUT2D eigenvalue weighted by Crippen LogP contribution is -2.30. The Hall–Kier alpha value is -1.55. The molecule has 16 heavy (non-hydrogen) atoms. The van der Waals surface area contributed by atoms with E-state index in [0.29, 0.717) is 6.54 Å². The molecule has 2 atom stereocenters. The first-order chi connectivity index (χ1) is 7.61. The summed E-state index contributed by atoms with van der Waals surface area (Å²) in [6.07, 6.45) is 0.809. The van der Waals surface area contributed by atoms with Gasteiger partial charge in [-0.2, -0.15) is 0 Å². The van der Waals surface area contributed by atoms with Crippen LogP contribution in [0.15, 0.2) is 18.2 Å². The van der Waals surface area contributed by atoms with E-state index in [-0.39, 0.29) is 17.6 Å². The number of benzene rings is 1. The fraction of sp³-hybridized carbons (Fsp3) is 0.417. The summed E-state index contributed by atoms with van der Waals surface area (Å²) in [5.41, 5.74) is 7.07. The van der Waals surface area contributed by atoms with Crippen LogP contribution in [0.25, 0.3) is 0 Å². The van der Waals surface area contributed by atoms with Gasteiger partial charge in [-0.05, 0) is 42.6 Å². The number of likely N-dealkylation sites (N-methyl/N-ethyl adjacent to an activating group) is 1. The van der Waals surface area contributed by atoms with Crippen LogP contribution in [0.2, 0.25) is 0 Å². The van der Waals surface area contributed by atoms with E-state index in [1.54, 1.807) is 30.1 Å². The first-order valence-electron chi connectivity index (χ1n) is 5.43. The van der Waals surface area contributed by atoms with Crippen molar-refractivity contribution >= 4 is 11.6 Å². The Morgan fingerprint density at radius 2 is 2.38 bits per heavy atom. The molecule has 1 spiro atoms. The lowest BCUT2D eigenvalue weighted by molar-refractivity contribution is -0.120. The second kappa shape index (κ2) is 2.77. The number of fused-ring (bicyclic) bond motifs is 2. The Morgan fingerprint density at radius 3 is 3.00 bits per heavy atom. The number of phenols is 1. The molecule has 4 heteroatoms. The number of anilines is 1. The Kier molecular flexibility index (Phi) is 1.67. The van der Waals surface area contributed by atoms with E-state index < -0.39 is 5.41 Å². The number of aromatic hydroxyl groups is 1. The maximum Gasteiger partial charge on any atom is 0.237 e. The molecule has 4 nitrogen and oxygen atoms in total. The average Bonchev–Trinajstić information content (AvgIpc) is 2.98. The molecule has 1 aliphatic heterocycles. The van der Waals surface area contributed by atoms with Gasteiger partial charge in [-0.15, -0.1) is 0 Å². The van der Waals surface area contributed by atoms with Crippen molar-refractivity contribution in [2.75, 3.05) is 18.5 Å². The smallest absolute Gasteiger partial charge is 0.237 e. The maximum atomic E-state index is 12.2. The molecule has 1 amide bonds. The van der Waals surface area contributed by atoms with Crippen LogP contribution in [0.3, 0.4) is 0 Å². The van der Waals surface area contributed by atoms with Crippen LogP contribution in [-0.2, 0) is 10.2 Å². The molecule has 1 saturated carbocycles. The maximum absolute atomic E-state index is 12.2. The van der Waals surface area contributed by atoms with Crippen molar-refractivity contribution in [2.24, 2.45) is 11.7 Å². The van der Waals surface area contributed by atoms with E-state index in [1.165, 1.54) is 0 Å². The van der Waals surface area contributed by atoms with E-state index in [9.17, 15) is 9.90 Å². The second-order valence-corrected chi connectivity index (χ2v) is 4.67. The van der Waals surface area contributed by atoms with Crippen molar-refractivity contribution in [3.63, 3.8) is 0 Å². The van der Waals surface area contributed by atoms with Crippen molar-refractivity contribution in [3.8, 4) is 5.75 Å². The van der Waals surface area contributed by atoms with Crippen molar-refractivity contribution in [3.05, 3.63) is 23.8 Å². The molecule has 1 aromatic rings. The SMILES string of the molecule is CN1C(=O)C2(CC2CN)c2cc(O)ccc21. The Labute approximate surface area is 93.7 Å². The molecule has 3 rings (SSSR count). The molecule has 1 aliphatic carbocycles. The van der Waals surface area contributed by atoms with Crippen LogP contribution in [0.5, 0.6) is 5.75 Å². The summed E-state index contributed by atoms with van der Waals surface area (Å²) in [5.74, 6) is 0.554. The van der Waals surface area contributed by atoms with Gasteiger partial charge in [-0.3, -0.25) is 4.79 Å². The van der Waals surface area contributed by atoms with Gasteiger partial charge in [0.25, 0.3) is 0 Å². The summed E-state index contributed by atoms with van der Waals surface area (Å²) < 4.78 is 0. The van der Waals surface area contributed by atoms with Gasteiger partial charge in [0, 0.05) is 12.7 Å². The highest BCUT2D eigenvalue weighted by Crippen LogP contribution is 2.61. The minimum Gasteiger partial charge on any atom is -0.508 e. The van der Waals surface area contributed by atoms with E-state index in [0.717, 1.165) is 17.7 Å². The number of nitrogens with two attached hydrogens (primary N) is 1. The summed E-state index contributed by atoms with van der Waals surface area (Å²) >= 11 is 0. The van der Waals surface area contributed by atoms with Crippen LogP contribution in [0.1, 0.15) is 12.0 Å². The van der Waals surface area contributed by atoms with Gasteiger partial charge in [0.05, 0.1) is 5.41 Å². The van der Waals surface area contributed by atoms with E-state index >= 15 is 0 Å². The quantitative estimate of drug-likeness (QED) is 0.724. The zero-order valence-electron chi connectivity index (χ0n) is 9.10. The molecule has 1 fully saturated rings. The predicted molar refractivity (Wildman–Crippen MR) is 60.4 cm³/mol. The van der Waals surface area contributed by atoms with Crippen molar-refractivity contribution < 1.29 is 9.90 Å². The Morgan fingerprint density at radius 1 is 1.62 bits per heavy atom. The average molecular weight is 218 g/mol. The van der Waals surface area contributed by atoms with Gasteiger partial charge >= 0.3 is 0 Å². The number of carbonyl (C=O) groups is 1. The number of rotatable bonds is 1. The Bertz CT molecular complexity index is 486. The summed E-state index contributed by atoms with van der Waals surface area (Å²) in [7, 11) is 1.78. The van der Waals surface area contributed by atoms with E-state index in [1.807, 2.05) is 0 Å². The third-order valence-electron chi connectivity index (χ3n) is 3.90. The number of carbonyl (C=O) groups excluding carboxylic acids is 1. The molecule has 2 unspecified atom stereocenters. The van der Waals surface area contributed by atoms with Crippen LogP contribution < -0.4 is 10.6 Å². The third kappa shape index (κ3) is 0.906. The highest BCUT2D eigenvalue weighted by molar-refractivity contribution is 6.10. The standard InChI is InChI=1S/C12H14N2O2/c1-14-10-3-2-8(15)4-9(10)12(11(14)16)5-7(12)6-13/h2-4,7,15H,5-6,13H2,1H3.